The van der Waals surface area contributed by atoms with Crippen molar-refractivity contribution in [1.82, 2.24) is 4.98 Å². The maximum Gasteiger partial charge on any atom is 0.328 e. The summed E-state index contributed by atoms with van der Waals surface area (Å²) in [6.45, 7) is 2.17. The van der Waals surface area contributed by atoms with Crippen LogP contribution in [0.15, 0.2) is 6.08 Å². The molecule has 0 spiro atoms. The zero-order valence-corrected chi connectivity index (χ0v) is 12.0. The number of hydrogen-bond acceptors (Lipinski definition) is 4. The van der Waals surface area contributed by atoms with Crippen LogP contribution in [-0.2, 0) is 10.5 Å². The summed E-state index contributed by atoms with van der Waals surface area (Å²) in [5.74, 6) is 1.77. The Morgan fingerprint density at radius 3 is 3.00 bits per heavy atom. The van der Waals surface area contributed by atoms with Gasteiger partial charge in [0.25, 0.3) is 0 Å². The molecule has 0 amide bonds. The molecular formula is C13H17NO2S2. The molecule has 3 nitrogen and oxygen atoms in total. The first-order valence-electron chi connectivity index (χ1n) is 6.19. The Kier molecular flexibility index (Phi) is 4.83. The predicted molar refractivity (Wildman–Crippen MR) is 77.2 cm³/mol. The molecule has 1 aromatic rings. The van der Waals surface area contributed by atoms with E-state index in [-0.39, 0.29) is 0 Å². The van der Waals surface area contributed by atoms with Crippen LogP contribution in [-0.4, -0.2) is 21.8 Å². The monoisotopic (exact) mass is 283 g/mol. The van der Waals surface area contributed by atoms with Gasteiger partial charge in [0.05, 0.1) is 10.6 Å². The Labute approximate surface area is 115 Å². The molecule has 0 aromatic carbocycles. The Bertz CT molecular complexity index is 450. The van der Waals surface area contributed by atoms with Crippen LogP contribution in [0, 0.1) is 0 Å². The van der Waals surface area contributed by atoms with Gasteiger partial charge in [-0.2, -0.15) is 11.8 Å². The van der Waals surface area contributed by atoms with E-state index in [2.05, 4.69) is 11.9 Å². The lowest BCUT2D eigenvalue weighted by Crippen LogP contribution is -1.87. The van der Waals surface area contributed by atoms with Crippen LogP contribution in [0.3, 0.4) is 0 Å². The quantitative estimate of drug-likeness (QED) is 0.611. The second-order valence-electron chi connectivity index (χ2n) is 4.36. The minimum absolute atomic E-state index is 0.569. The van der Waals surface area contributed by atoms with Crippen molar-refractivity contribution in [2.45, 2.75) is 37.9 Å². The van der Waals surface area contributed by atoms with E-state index in [0.29, 0.717) is 5.92 Å². The number of thioether (sulfide) groups is 1. The number of hydrogen-bond donors (Lipinski definition) is 1. The highest BCUT2D eigenvalue weighted by Gasteiger charge is 2.28. The zero-order valence-electron chi connectivity index (χ0n) is 10.4. The van der Waals surface area contributed by atoms with E-state index in [0.717, 1.165) is 27.1 Å². The van der Waals surface area contributed by atoms with Crippen molar-refractivity contribution < 1.29 is 9.90 Å². The Morgan fingerprint density at radius 1 is 1.61 bits per heavy atom. The van der Waals surface area contributed by atoms with Crippen molar-refractivity contribution in [1.29, 1.82) is 0 Å². The molecule has 0 saturated heterocycles. The third-order valence-electron chi connectivity index (χ3n) is 2.64. The zero-order chi connectivity index (χ0) is 13.0. The molecule has 1 saturated carbocycles. The minimum Gasteiger partial charge on any atom is -0.478 e. The number of carboxylic acids is 1. The van der Waals surface area contributed by atoms with E-state index in [1.54, 1.807) is 17.4 Å². The standard InChI is InChI=1S/C13H17NO2S2/c1-2-7-17-8-11-14-13(9-3-4-9)10(18-11)5-6-12(15)16/h5-6,9H,2-4,7-8H2,1H3,(H,15,16)/b6-5+. The first-order valence-corrected chi connectivity index (χ1v) is 8.16. The van der Waals surface area contributed by atoms with Crippen LogP contribution in [0.25, 0.3) is 6.08 Å². The average Bonchev–Trinajstić information content (AvgIpc) is 3.09. The number of thiazole rings is 1. The van der Waals surface area contributed by atoms with Gasteiger partial charge in [-0.15, -0.1) is 11.3 Å². The molecule has 1 fully saturated rings. The molecule has 1 heterocycles. The molecule has 1 aliphatic carbocycles. The van der Waals surface area contributed by atoms with Gasteiger partial charge >= 0.3 is 5.97 Å². The maximum atomic E-state index is 10.6. The van der Waals surface area contributed by atoms with E-state index < -0.39 is 5.97 Å². The summed E-state index contributed by atoms with van der Waals surface area (Å²) < 4.78 is 0. The Morgan fingerprint density at radius 2 is 2.39 bits per heavy atom. The Balaban J connectivity index is 2.08. The number of carbonyl (C=O) groups is 1. The lowest BCUT2D eigenvalue weighted by molar-refractivity contribution is -0.131. The topological polar surface area (TPSA) is 50.2 Å². The van der Waals surface area contributed by atoms with Gasteiger partial charge in [0, 0.05) is 17.7 Å². The number of nitrogens with zero attached hydrogens (tertiary/aromatic N) is 1. The molecule has 1 aromatic heterocycles. The maximum absolute atomic E-state index is 10.6. The second kappa shape index (κ2) is 6.38. The van der Waals surface area contributed by atoms with Crippen LogP contribution in [0.4, 0.5) is 0 Å². The highest BCUT2D eigenvalue weighted by Crippen LogP contribution is 2.43. The summed E-state index contributed by atoms with van der Waals surface area (Å²) >= 11 is 3.53. The molecule has 0 atom stereocenters. The van der Waals surface area contributed by atoms with Crippen LogP contribution in [0.1, 0.15) is 47.7 Å². The fourth-order valence-corrected chi connectivity index (χ4v) is 3.68. The van der Waals surface area contributed by atoms with Crippen LogP contribution in [0.5, 0.6) is 0 Å². The van der Waals surface area contributed by atoms with Crippen molar-refractivity contribution in [3.8, 4) is 0 Å². The van der Waals surface area contributed by atoms with Gasteiger partial charge in [-0.25, -0.2) is 9.78 Å². The number of rotatable bonds is 7. The number of carboxylic acid groups (broad SMARTS) is 1. The van der Waals surface area contributed by atoms with E-state index in [1.807, 2.05) is 11.8 Å². The van der Waals surface area contributed by atoms with Crippen molar-refractivity contribution in [2.75, 3.05) is 5.75 Å². The Hall–Kier alpha value is -0.810. The van der Waals surface area contributed by atoms with Crippen molar-refractivity contribution in [3.05, 3.63) is 21.7 Å². The van der Waals surface area contributed by atoms with E-state index in [4.69, 9.17) is 5.11 Å². The van der Waals surface area contributed by atoms with Crippen molar-refractivity contribution >= 4 is 35.1 Å². The molecular weight excluding hydrogens is 266 g/mol. The molecule has 5 heteroatoms. The van der Waals surface area contributed by atoms with Crippen LogP contribution in [0.2, 0.25) is 0 Å². The molecule has 0 unspecified atom stereocenters. The van der Waals surface area contributed by atoms with Gasteiger partial charge in [-0.1, -0.05) is 6.92 Å². The molecule has 0 bridgehead atoms. The molecule has 0 aliphatic heterocycles. The molecule has 1 aliphatic rings. The molecule has 2 rings (SSSR count). The van der Waals surface area contributed by atoms with Crippen molar-refractivity contribution in [2.24, 2.45) is 0 Å². The second-order valence-corrected chi connectivity index (χ2v) is 6.58. The highest BCUT2D eigenvalue weighted by atomic mass is 32.2. The average molecular weight is 283 g/mol. The minimum atomic E-state index is -0.896. The lowest BCUT2D eigenvalue weighted by Gasteiger charge is -1.94. The summed E-state index contributed by atoms with van der Waals surface area (Å²) in [5.41, 5.74) is 1.12. The van der Waals surface area contributed by atoms with Gasteiger partial charge in [0.1, 0.15) is 5.01 Å². The predicted octanol–water partition coefficient (Wildman–Crippen LogP) is 3.76. The smallest absolute Gasteiger partial charge is 0.328 e. The van der Waals surface area contributed by atoms with Crippen molar-refractivity contribution in [3.63, 3.8) is 0 Å². The lowest BCUT2D eigenvalue weighted by atomic mass is 10.2. The largest absolute Gasteiger partial charge is 0.478 e. The molecule has 98 valence electrons. The van der Waals surface area contributed by atoms with Gasteiger partial charge < -0.3 is 5.11 Å². The molecule has 18 heavy (non-hydrogen) atoms. The van der Waals surface area contributed by atoms with Gasteiger partial charge in [0.2, 0.25) is 0 Å². The molecule has 1 N–H and O–H groups in total. The fourth-order valence-electron chi connectivity index (χ4n) is 1.67. The summed E-state index contributed by atoms with van der Waals surface area (Å²) in [6, 6.07) is 0. The van der Waals surface area contributed by atoms with E-state index in [1.165, 1.54) is 25.3 Å². The third-order valence-corrected chi connectivity index (χ3v) is 5.03. The SMILES string of the molecule is CCCSCc1nc(C2CC2)c(/C=C/C(=O)O)s1. The first kappa shape index (κ1) is 13.6. The highest BCUT2D eigenvalue weighted by molar-refractivity contribution is 7.98. The normalized spacial score (nSPS) is 15.4. The van der Waals surface area contributed by atoms with Gasteiger partial charge in [-0.05, 0) is 31.1 Å². The number of aliphatic carboxylic acids is 1. The van der Waals surface area contributed by atoms with E-state index >= 15 is 0 Å². The van der Waals surface area contributed by atoms with Crippen LogP contribution < -0.4 is 0 Å². The molecule has 0 radical (unpaired) electrons. The first-order chi connectivity index (χ1) is 8.70. The summed E-state index contributed by atoms with van der Waals surface area (Å²) in [5, 5.41) is 9.82. The van der Waals surface area contributed by atoms with Gasteiger partial charge in [-0.3, -0.25) is 0 Å². The summed E-state index contributed by atoms with van der Waals surface area (Å²) in [4.78, 5) is 16.3. The third kappa shape index (κ3) is 3.85. The fraction of sp³-hybridized carbons (Fsp3) is 0.538. The summed E-state index contributed by atoms with van der Waals surface area (Å²) in [6.07, 6.45) is 6.47. The van der Waals surface area contributed by atoms with E-state index in [9.17, 15) is 4.79 Å². The number of aromatic nitrogens is 1. The summed E-state index contributed by atoms with van der Waals surface area (Å²) in [7, 11) is 0. The van der Waals surface area contributed by atoms with Gasteiger partial charge in [0.15, 0.2) is 0 Å². The van der Waals surface area contributed by atoms with Crippen LogP contribution >= 0.6 is 23.1 Å².